The number of nitrogens with zero attached hydrogens (tertiary/aromatic N) is 2. The van der Waals surface area contributed by atoms with Crippen molar-refractivity contribution in [2.45, 2.75) is 33.5 Å². The number of aldehydes is 1. The first-order valence-corrected chi connectivity index (χ1v) is 9.86. The van der Waals surface area contributed by atoms with Crippen molar-refractivity contribution in [3.05, 3.63) is 68.8 Å². The Balaban J connectivity index is 0.000000556. The molecule has 2 N–H and O–H groups in total. The molecule has 1 heterocycles. The van der Waals surface area contributed by atoms with Crippen LogP contribution in [0.15, 0.2) is 41.2 Å². The zero-order valence-corrected chi connectivity index (χ0v) is 18.6. The number of rotatable bonds is 4. The van der Waals surface area contributed by atoms with E-state index in [1.54, 1.807) is 7.05 Å². The summed E-state index contributed by atoms with van der Waals surface area (Å²) in [5.41, 5.74) is 2.20. The van der Waals surface area contributed by atoms with Gasteiger partial charge in [0.15, 0.2) is 5.82 Å². The third kappa shape index (κ3) is 7.61. The number of carbonyl (C=O) groups excluding carboxylic acids is 1. The molecule has 0 saturated heterocycles. The smallest absolute Gasteiger partial charge is 0.316 e. The minimum absolute atomic E-state index is 0.122. The van der Waals surface area contributed by atoms with Gasteiger partial charge in [0.1, 0.15) is 5.82 Å². The zero-order chi connectivity index (χ0) is 24.5. The van der Waals surface area contributed by atoms with Gasteiger partial charge in [-0.3, -0.25) is 9.78 Å². The molecule has 3 aromatic rings. The summed E-state index contributed by atoms with van der Waals surface area (Å²) in [5.74, 6) is -0.00370. The topological polar surface area (TPSA) is 79.8 Å². The van der Waals surface area contributed by atoms with Crippen molar-refractivity contribution in [3.8, 4) is 17.1 Å². The highest BCUT2D eigenvalue weighted by Crippen LogP contribution is 2.24. The molecule has 11 heteroatoms. The molecule has 2 aromatic carbocycles. The quantitative estimate of drug-likeness (QED) is 0.419. The molecular formula is C21H23ClF4N4O2. The molecule has 0 aliphatic heterocycles. The number of carbonyl (C=O) groups is 1. The van der Waals surface area contributed by atoms with E-state index in [9.17, 15) is 22.4 Å². The van der Waals surface area contributed by atoms with Gasteiger partial charge in [-0.05, 0) is 26.1 Å². The lowest BCUT2D eigenvalue weighted by molar-refractivity contribution is -0.156. The average molecular weight is 475 g/mol. The minimum atomic E-state index is -4.64. The van der Waals surface area contributed by atoms with Crippen LogP contribution in [0, 0.1) is 12.7 Å². The van der Waals surface area contributed by atoms with Crippen molar-refractivity contribution in [2.24, 2.45) is 0 Å². The lowest BCUT2D eigenvalue weighted by atomic mass is 10.1. The Bertz CT molecular complexity index is 1080. The molecule has 174 valence electrons. The Morgan fingerprint density at radius 1 is 1.19 bits per heavy atom. The van der Waals surface area contributed by atoms with Gasteiger partial charge in [-0.2, -0.15) is 17.9 Å². The normalized spacial score (nSPS) is 10.5. The third-order valence-electron chi connectivity index (χ3n) is 3.79. The average Bonchev–Trinajstić information content (AvgIpc) is 3.13. The van der Waals surface area contributed by atoms with Crippen LogP contribution < -0.4 is 11.0 Å². The van der Waals surface area contributed by atoms with E-state index in [-0.39, 0.29) is 5.02 Å². The summed E-state index contributed by atoms with van der Waals surface area (Å²) in [4.78, 5) is 23.7. The summed E-state index contributed by atoms with van der Waals surface area (Å²) >= 11 is 6.11. The van der Waals surface area contributed by atoms with Crippen molar-refractivity contribution >= 4 is 17.9 Å². The lowest BCUT2D eigenvalue weighted by Gasteiger charge is -2.08. The van der Waals surface area contributed by atoms with E-state index in [0.717, 1.165) is 15.8 Å². The number of aromatic amines is 1. The molecule has 0 aliphatic rings. The summed E-state index contributed by atoms with van der Waals surface area (Å²) < 4.78 is 46.3. The first-order valence-electron chi connectivity index (χ1n) is 9.48. The van der Waals surface area contributed by atoms with Gasteiger partial charge in [0.25, 0.3) is 0 Å². The standard InChI is InChI=1S/C17H16ClFN4O.C2HF3O.C2H6/c1-10-3-5-11(6-4-10)16-21-17(24)23(22-16)15-7-12(9-20-2)14(19)8-13(15)18;3-2(4,5)1-6;1-2/h3-8,20H,9H2,1-2H3,(H,21,22,24);1H;1-2H3. The summed E-state index contributed by atoms with van der Waals surface area (Å²) in [6.07, 6.45) is -5.70. The van der Waals surface area contributed by atoms with Crippen LogP contribution in [0.5, 0.6) is 0 Å². The predicted molar refractivity (Wildman–Crippen MR) is 116 cm³/mol. The second-order valence-corrected chi connectivity index (χ2v) is 6.55. The summed E-state index contributed by atoms with van der Waals surface area (Å²) in [6, 6.07) is 10.3. The van der Waals surface area contributed by atoms with E-state index in [2.05, 4.69) is 15.4 Å². The number of aromatic nitrogens is 3. The Hall–Kier alpha value is -2.98. The molecule has 0 atom stereocenters. The van der Waals surface area contributed by atoms with E-state index < -0.39 is 24.0 Å². The lowest BCUT2D eigenvalue weighted by Crippen LogP contribution is -2.17. The Labute approximate surface area is 187 Å². The van der Waals surface area contributed by atoms with E-state index in [4.69, 9.17) is 16.4 Å². The van der Waals surface area contributed by atoms with Crippen molar-refractivity contribution in [1.29, 1.82) is 0 Å². The van der Waals surface area contributed by atoms with Crippen LogP contribution in [0.2, 0.25) is 5.02 Å². The maximum absolute atomic E-state index is 13.9. The molecule has 6 nitrogen and oxygen atoms in total. The van der Waals surface area contributed by atoms with Crippen molar-refractivity contribution in [1.82, 2.24) is 20.1 Å². The Morgan fingerprint density at radius 3 is 2.25 bits per heavy atom. The largest absolute Gasteiger partial charge is 0.446 e. The van der Waals surface area contributed by atoms with Crippen LogP contribution >= 0.6 is 11.6 Å². The highest BCUT2D eigenvalue weighted by atomic mass is 35.5. The second-order valence-electron chi connectivity index (χ2n) is 6.14. The van der Waals surface area contributed by atoms with Gasteiger partial charge in [0.05, 0.1) is 10.7 Å². The number of H-pyrrole nitrogens is 1. The molecule has 32 heavy (non-hydrogen) atoms. The molecule has 0 amide bonds. The van der Waals surface area contributed by atoms with Crippen molar-refractivity contribution < 1.29 is 22.4 Å². The van der Waals surface area contributed by atoms with Gasteiger partial charge < -0.3 is 5.32 Å². The zero-order valence-electron chi connectivity index (χ0n) is 17.8. The first-order chi connectivity index (χ1) is 15.1. The number of nitrogens with one attached hydrogen (secondary N) is 2. The number of alkyl halides is 3. The SMILES string of the molecule is CC.CNCc1cc(-n2nc(-c3ccc(C)cc3)[nH]c2=O)c(Cl)cc1F.O=CC(F)(F)F. The molecule has 0 spiro atoms. The molecule has 0 saturated carbocycles. The fourth-order valence-corrected chi connectivity index (χ4v) is 2.63. The van der Waals surface area contributed by atoms with Gasteiger partial charge in [-0.1, -0.05) is 55.3 Å². The fourth-order valence-electron chi connectivity index (χ4n) is 2.40. The molecule has 0 unspecified atom stereocenters. The minimum Gasteiger partial charge on any atom is -0.316 e. The maximum Gasteiger partial charge on any atom is 0.446 e. The maximum atomic E-state index is 13.9. The molecule has 0 bridgehead atoms. The second kappa shape index (κ2) is 12.2. The first kappa shape index (κ1) is 27.1. The summed E-state index contributed by atoms with van der Waals surface area (Å²) in [5, 5.41) is 7.29. The van der Waals surface area contributed by atoms with Crippen LogP contribution in [0.25, 0.3) is 17.1 Å². The molecular weight excluding hydrogens is 452 g/mol. The number of aryl methyl sites for hydroxylation is 1. The Kier molecular flexibility index (Phi) is 10.3. The number of hydrogen-bond donors (Lipinski definition) is 2. The van der Waals surface area contributed by atoms with Gasteiger partial charge in [0.2, 0.25) is 6.29 Å². The molecule has 0 aliphatic carbocycles. The van der Waals surface area contributed by atoms with E-state index in [1.807, 2.05) is 45.0 Å². The monoisotopic (exact) mass is 474 g/mol. The predicted octanol–water partition coefficient (Wildman–Crippen LogP) is 4.82. The highest BCUT2D eigenvalue weighted by molar-refractivity contribution is 6.32. The Morgan fingerprint density at radius 2 is 1.75 bits per heavy atom. The third-order valence-corrected chi connectivity index (χ3v) is 4.09. The van der Waals surface area contributed by atoms with Gasteiger partial charge in [0, 0.05) is 17.7 Å². The van der Waals surface area contributed by atoms with Gasteiger partial charge in [-0.15, -0.1) is 5.10 Å². The van der Waals surface area contributed by atoms with Crippen LogP contribution in [0.4, 0.5) is 17.6 Å². The molecule has 0 radical (unpaired) electrons. The van der Waals surface area contributed by atoms with Gasteiger partial charge in [-0.25, -0.2) is 9.18 Å². The molecule has 0 fully saturated rings. The van der Waals surface area contributed by atoms with Gasteiger partial charge >= 0.3 is 11.9 Å². The van der Waals surface area contributed by atoms with Crippen LogP contribution in [-0.4, -0.2) is 34.3 Å². The van der Waals surface area contributed by atoms with E-state index in [1.165, 1.54) is 12.1 Å². The fraction of sp³-hybridized carbons (Fsp3) is 0.286. The number of halogens is 5. The van der Waals surface area contributed by atoms with Crippen LogP contribution in [0.3, 0.4) is 0 Å². The van der Waals surface area contributed by atoms with E-state index in [0.29, 0.717) is 23.6 Å². The van der Waals surface area contributed by atoms with Crippen LogP contribution in [0.1, 0.15) is 25.0 Å². The number of hydrogen-bond acceptors (Lipinski definition) is 4. The highest BCUT2D eigenvalue weighted by Gasteiger charge is 2.24. The summed E-state index contributed by atoms with van der Waals surface area (Å²) in [7, 11) is 1.71. The number of benzene rings is 2. The van der Waals surface area contributed by atoms with Crippen molar-refractivity contribution in [3.63, 3.8) is 0 Å². The molecule has 1 aromatic heterocycles. The van der Waals surface area contributed by atoms with E-state index >= 15 is 0 Å². The van der Waals surface area contributed by atoms with Crippen molar-refractivity contribution in [2.75, 3.05) is 7.05 Å². The van der Waals surface area contributed by atoms with Crippen LogP contribution in [-0.2, 0) is 11.3 Å². The summed E-state index contributed by atoms with van der Waals surface area (Å²) in [6.45, 7) is 6.30. The molecule has 3 rings (SSSR count).